The van der Waals surface area contributed by atoms with Crippen molar-refractivity contribution in [3.8, 4) is 0 Å². The molecule has 2 atom stereocenters. The average Bonchev–Trinajstić information content (AvgIpc) is 2.44. The number of ketones is 2. The number of aliphatic hydroxyl groups excluding tert-OH is 1. The lowest BCUT2D eigenvalue weighted by atomic mass is 9.98. The van der Waals surface area contributed by atoms with E-state index in [0.29, 0.717) is 12.8 Å². The fourth-order valence-electron chi connectivity index (χ4n) is 3.55. The van der Waals surface area contributed by atoms with E-state index in [1.807, 2.05) is 0 Å². The van der Waals surface area contributed by atoms with Crippen LogP contribution in [-0.2, 0) is 18.9 Å². The number of rotatable bonds is 2. The number of aliphatic hydroxyl groups is 1. The van der Waals surface area contributed by atoms with Crippen LogP contribution in [-0.4, -0.2) is 40.6 Å². The molecule has 22 heavy (non-hydrogen) atoms. The van der Waals surface area contributed by atoms with E-state index in [1.165, 1.54) is 0 Å². The first kappa shape index (κ1) is 17.6. The third-order valence-electron chi connectivity index (χ3n) is 4.97. The van der Waals surface area contributed by atoms with Gasteiger partial charge in [0.1, 0.15) is 0 Å². The number of carbonyl (C=O) groups is 3. The van der Waals surface area contributed by atoms with E-state index >= 15 is 0 Å². The molecule has 2 rings (SSSR count). The molecule has 0 aromatic rings. The summed E-state index contributed by atoms with van der Waals surface area (Å²) in [5.74, 6) is -1.83. The second-order valence-electron chi connectivity index (χ2n) is 6.65. The van der Waals surface area contributed by atoms with E-state index in [2.05, 4.69) is 0 Å². The van der Waals surface area contributed by atoms with Crippen LogP contribution < -0.4 is 0 Å². The molecular formula is C16H25O5P. The molecule has 2 fully saturated rings. The van der Waals surface area contributed by atoms with Gasteiger partial charge in [-0.25, -0.2) is 0 Å². The highest BCUT2D eigenvalue weighted by Crippen LogP contribution is 2.57. The summed E-state index contributed by atoms with van der Waals surface area (Å²) >= 11 is 0. The van der Waals surface area contributed by atoms with Crippen molar-refractivity contribution >= 4 is 24.2 Å². The van der Waals surface area contributed by atoms with Gasteiger partial charge >= 0.3 is 0 Å². The Morgan fingerprint density at radius 1 is 0.909 bits per heavy atom. The van der Waals surface area contributed by atoms with Crippen LogP contribution in [0.1, 0.15) is 57.8 Å². The summed E-state index contributed by atoms with van der Waals surface area (Å²) in [6.07, 6.45) is 6.02. The maximum atomic E-state index is 13.4. The summed E-state index contributed by atoms with van der Waals surface area (Å²) in [6, 6.07) is 0. The van der Waals surface area contributed by atoms with Crippen LogP contribution in [0, 0.1) is 5.92 Å². The topological polar surface area (TPSA) is 88.5 Å². The van der Waals surface area contributed by atoms with Crippen molar-refractivity contribution in [3.05, 3.63) is 0 Å². The Kier molecular flexibility index (Phi) is 6.10. The molecule has 1 saturated carbocycles. The zero-order valence-electron chi connectivity index (χ0n) is 13.0. The zero-order valence-corrected chi connectivity index (χ0v) is 13.9. The monoisotopic (exact) mass is 328 g/mol. The summed E-state index contributed by atoms with van der Waals surface area (Å²) in [7, 11) is -3.36. The Balaban J connectivity index is 2.26. The highest BCUT2D eigenvalue weighted by atomic mass is 31.2. The van der Waals surface area contributed by atoms with Gasteiger partial charge < -0.3 is 9.67 Å². The normalized spacial score (nSPS) is 33.0. The van der Waals surface area contributed by atoms with E-state index in [4.69, 9.17) is 0 Å². The van der Waals surface area contributed by atoms with Crippen LogP contribution in [0.15, 0.2) is 0 Å². The van der Waals surface area contributed by atoms with Crippen molar-refractivity contribution in [2.24, 2.45) is 5.92 Å². The minimum atomic E-state index is -3.36. The molecule has 0 radical (unpaired) electrons. The van der Waals surface area contributed by atoms with Gasteiger partial charge in [-0.05, 0) is 18.8 Å². The van der Waals surface area contributed by atoms with Crippen molar-refractivity contribution in [2.45, 2.75) is 63.4 Å². The lowest BCUT2D eigenvalue weighted by molar-refractivity contribution is -0.136. The van der Waals surface area contributed by atoms with Gasteiger partial charge in [0, 0.05) is 25.1 Å². The average molecular weight is 328 g/mol. The molecule has 6 heteroatoms. The largest absolute Gasteiger partial charge is 0.396 e. The lowest BCUT2D eigenvalue weighted by Crippen LogP contribution is -2.32. The Bertz CT molecular complexity index is 491. The van der Waals surface area contributed by atoms with Crippen LogP contribution in [0.2, 0.25) is 0 Å². The number of hydrogen-bond donors (Lipinski definition) is 1. The molecule has 2 aliphatic rings. The summed E-state index contributed by atoms with van der Waals surface area (Å²) in [6.45, 7) is -0.324. The molecule has 2 unspecified atom stereocenters. The highest BCUT2D eigenvalue weighted by molar-refractivity contribution is 7.81. The standard InChI is InChI=1S/C16H25O5P/c17-10-12-8-14(18)15(19)11-22(21,16(20)9-12)13-6-4-2-1-3-5-7-13/h12-13,17H,1-11H2. The van der Waals surface area contributed by atoms with Crippen molar-refractivity contribution < 1.29 is 24.1 Å². The predicted molar refractivity (Wildman–Crippen MR) is 83.4 cm³/mol. The molecule has 0 aromatic heterocycles. The quantitative estimate of drug-likeness (QED) is 0.621. The molecule has 1 N–H and O–H groups in total. The van der Waals surface area contributed by atoms with Gasteiger partial charge in [0.15, 0.2) is 18.4 Å². The van der Waals surface area contributed by atoms with Crippen LogP contribution in [0.3, 0.4) is 0 Å². The molecule has 124 valence electrons. The van der Waals surface area contributed by atoms with E-state index in [9.17, 15) is 24.1 Å². The van der Waals surface area contributed by atoms with Crippen LogP contribution in [0.5, 0.6) is 0 Å². The van der Waals surface area contributed by atoms with Crippen molar-refractivity contribution in [3.63, 3.8) is 0 Å². The van der Waals surface area contributed by atoms with Crippen molar-refractivity contribution in [1.82, 2.24) is 0 Å². The van der Waals surface area contributed by atoms with Crippen LogP contribution in [0.25, 0.3) is 0 Å². The third-order valence-corrected chi connectivity index (χ3v) is 8.45. The second-order valence-corrected chi connectivity index (χ2v) is 9.79. The molecular weight excluding hydrogens is 303 g/mol. The van der Waals surface area contributed by atoms with E-state index < -0.39 is 24.6 Å². The van der Waals surface area contributed by atoms with Crippen molar-refractivity contribution in [1.29, 1.82) is 0 Å². The van der Waals surface area contributed by atoms with E-state index in [0.717, 1.165) is 32.1 Å². The molecule has 1 saturated heterocycles. The molecule has 1 heterocycles. The van der Waals surface area contributed by atoms with Gasteiger partial charge in [0.2, 0.25) is 5.78 Å². The molecule has 5 nitrogen and oxygen atoms in total. The summed E-state index contributed by atoms with van der Waals surface area (Å²) in [5.41, 5.74) is -0.632. The van der Waals surface area contributed by atoms with Crippen LogP contribution in [0.4, 0.5) is 0 Å². The minimum absolute atomic E-state index is 0.0384. The molecule has 0 spiro atoms. The van der Waals surface area contributed by atoms with Crippen molar-refractivity contribution in [2.75, 3.05) is 12.8 Å². The van der Waals surface area contributed by atoms with Gasteiger partial charge in [0.05, 0.1) is 6.16 Å². The van der Waals surface area contributed by atoms with Gasteiger partial charge in [0.25, 0.3) is 0 Å². The molecule has 0 aromatic carbocycles. The lowest BCUT2D eigenvalue weighted by Gasteiger charge is -2.30. The first-order chi connectivity index (χ1) is 10.5. The second kappa shape index (κ2) is 7.65. The Morgan fingerprint density at radius 2 is 1.50 bits per heavy atom. The van der Waals surface area contributed by atoms with E-state index in [-0.39, 0.29) is 36.8 Å². The third kappa shape index (κ3) is 3.94. The maximum Gasteiger partial charge on any atom is 0.206 e. The van der Waals surface area contributed by atoms with E-state index in [1.54, 1.807) is 0 Å². The number of hydrogen-bond acceptors (Lipinski definition) is 5. The Labute approximate surface area is 131 Å². The SMILES string of the molecule is O=C1CC(CO)CC(=O)P(=O)(C2CCCCCCC2)CC1=O. The summed E-state index contributed by atoms with van der Waals surface area (Å²) in [5, 5.41) is 9.29. The van der Waals surface area contributed by atoms with Crippen LogP contribution >= 0.6 is 7.14 Å². The number of carbonyl (C=O) groups excluding carboxylic acids is 3. The molecule has 1 aliphatic carbocycles. The highest BCUT2D eigenvalue weighted by Gasteiger charge is 2.44. The smallest absolute Gasteiger partial charge is 0.206 e. The fraction of sp³-hybridized carbons (Fsp3) is 0.812. The molecule has 1 aliphatic heterocycles. The molecule has 0 amide bonds. The summed E-state index contributed by atoms with van der Waals surface area (Å²) < 4.78 is 13.4. The molecule has 0 bridgehead atoms. The van der Waals surface area contributed by atoms with Gasteiger partial charge in [-0.15, -0.1) is 0 Å². The Morgan fingerprint density at radius 3 is 2.09 bits per heavy atom. The zero-order chi connectivity index (χ0) is 16.2. The first-order valence-electron chi connectivity index (χ1n) is 8.26. The Hall–Kier alpha value is -0.800. The number of Topliss-reactive ketones (excluding diaryl/α,β-unsaturated/α-hetero) is 2. The minimum Gasteiger partial charge on any atom is -0.396 e. The first-order valence-corrected chi connectivity index (χ1v) is 10.2. The summed E-state index contributed by atoms with van der Waals surface area (Å²) in [4.78, 5) is 36.4. The van der Waals surface area contributed by atoms with Gasteiger partial charge in [-0.3, -0.25) is 14.4 Å². The van der Waals surface area contributed by atoms with Gasteiger partial charge in [-0.1, -0.05) is 32.1 Å². The van der Waals surface area contributed by atoms with Gasteiger partial charge in [-0.2, -0.15) is 0 Å². The fourth-order valence-corrected chi connectivity index (χ4v) is 6.76. The maximum absolute atomic E-state index is 13.4. The predicted octanol–water partition coefficient (Wildman–Crippen LogP) is 2.53.